The smallest absolute Gasteiger partial charge is 0.389 e. The van der Waals surface area contributed by atoms with Crippen LogP contribution in [0.3, 0.4) is 0 Å². The molecule has 1 aromatic carbocycles. The van der Waals surface area contributed by atoms with Crippen LogP contribution < -0.4 is 9.46 Å². The van der Waals surface area contributed by atoms with E-state index in [1.807, 2.05) is 39.8 Å². The number of carbonyl (C=O) groups is 1. The normalized spacial score (nSPS) is 14.2. The molecular formula is C23H30F3NO3S2. The average Bonchev–Trinajstić information content (AvgIpc) is 3.19. The number of Topliss-reactive ketones (excluding diaryl/α,β-unsaturated/α-hetero) is 1. The lowest BCUT2D eigenvalue weighted by Crippen LogP contribution is -2.36. The standard InChI is InChI=1S/C23H30F3NO3S2/c1-5-18-11-12-21(31-18)20(28)15-19(27-32(29)22(2,3)4)16-7-9-17(10-8-16)30-14-6-13-23(24,25)26/h7-12,19,27H,5-6,13-15H2,1-4H3/t19-,32+/m1/s1. The first kappa shape index (κ1) is 26.5. The maximum atomic E-state index is 12.9. The van der Waals surface area contributed by atoms with Gasteiger partial charge in [0, 0.05) is 17.7 Å². The van der Waals surface area contributed by atoms with Crippen LogP contribution in [0.15, 0.2) is 36.4 Å². The molecule has 0 unspecified atom stereocenters. The zero-order valence-electron chi connectivity index (χ0n) is 18.8. The van der Waals surface area contributed by atoms with Gasteiger partial charge in [-0.3, -0.25) is 4.79 Å². The summed E-state index contributed by atoms with van der Waals surface area (Å²) in [6.07, 6.45) is -4.20. The summed E-state index contributed by atoms with van der Waals surface area (Å²) in [6.45, 7) is 7.54. The minimum Gasteiger partial charge on any atom is -0.494 e. The van der Waals surface area contributed by atoms with Crippen LogP contribution in [-0.4, -0.2) is 27.5 Å². The molecule has 4 nitrogen and oxygen atoms in total. The second-order valence-electron chi connectivity index (χ2n) is 8.43. The predicted molar refractivity (Wildman–Crippen MR) is 124 cm³/mol. The Balaban J connectivity index is 2.10. The van der Waals surface area contributed by atoms with E-state index in [-0.39, 0.29) is 25.2 Å². The van der Waals surface area contributed by atoms with Crippen LogP contribution in [0.5, 0.6) is 5.75 Å². The summed E-state index contributed by atoms with van der Waals surface area (Å²) < 4.78 is 57.4. The largest absolute Gasteiger partial charge is 0.494 e. The summed E-state index contributed by atoms with van der Waals surface area (Å²) in [7, 11) is -1.39. The van der Waals surface area contributed by atoms with Gasteiger partial charge in [-0.05, 0) is 63.4 Å². The summed E-state index contributed by atoms with van der Waals surface area (Å²) in [6, 6.07) is 10.1. The number of hydrogen-bond acceptors (Lipinski definition) is 4. The van der Waals surface area contributed by atoms with E-state index in [2.05, 4.69) is 4.72 Å². The Morgan fingerprint density at radius 1 is 1.12 bits per heavy atom. The molecule has 0 bridgehead atoms. The molecule has 9 heteroatoms. The number of ether oxygens (including phenoxy) is 1. The summed E-state index contributed by atoms with van der Waals surface area (Å²) in [5, 5.41) is 0. The molecule has 0 aliphatic rings. The molecule has 1 aromatic heterocycles. The van der Waals surface area contributed by atoms with Gasteiger partial charge in [0.25, 0.3) is 0 Å². The van der Waals surface area contributed by atoms with Gasteiger partial charge in [0.05, 0.1) is 33.3 Å². The van der Waals surface area contributed by atoms with E-state index in [1.54, 1.807) is 24.3 Å². The number of benzene rings is 1. The van der Waals surface area contributed by atoms with Crippen LogP contribution in [0.4, 0.5) is 13.2 Å². The molecular weight excluding hydrogens is 459 g/mol. The lowest BCUT2D eigenvalue weighted by atomic mass is 10.0. The fraction of sp³-hybridized carbons (Fsp3) is 0.522. The Morgan fingerprint density at radius 3 is 2.31 bits per heavy atom. The Kier molecular flexibility index (Phi) is 9.48. The first-order valence-electron chi connectivity index (χ1n) is 10.5. The van der Waals surface area contributed by atoms with Crippen molar-refractivity contribution in [2.24, 2.45) is 0 Å². The molecule has 0 fully saturated rings. The third kappa shape index (κ3) is 8.67. The molecule has 1 N–H and O–H groups in total. The molecule has 1 heterocycles. The number of thiophene rings is 1. The Morgan fingerprint density at radius 2 is 1.78 bits per heavy atom. The number of rotatable bonds is 11. The van der Waals surface area contributed by atoms with Crippen LogP contribution in [0, 0.1) is 0 Å². The number of ketones is 1. The van der Waals surface area contributed by atoms with Crippen molar-refractivity contribution in [3.05, 3.63) is 51.7 Å². The average molecular weight is 490 g/mol. The Hall–Kier alpha value is -1.71. The molecule has 178 valence electrons. The molecule has 0 spiro atoms. The van der Waals surface area contributed by atoms with Crippen molar-refractivity contribution < 1.29 is 26.9 Å². The number of carbonyl (C=O) groups excluding carboxylic acids is 1. The topological polar surface area (TPSA) is 55.4 Å². The molecule has 0 aliphatic carbocycles. The Labute approximate surface area is 194 Å². The van der Waals surface area contributed by atoms with Crippen molar-refractivity contribution in [3.63, 3.8) is 0 Å². The molecule has 2 rings (SSSR count). The van der Waals surface area contributed by atoms with Crippen molar-refractivity contribution >= 4 is 28.1 Å². The highest BCUT2D eigenvalue weighted by Gasteiger charge is 2.27. The van der Waals surface area contributed by atoms with Gasteiger partial charge < -0.3 is 4.74 Å². The molecule has 32 heavy (non-hydrogen) atoms. The summed E-state index contributed by atoms with van der Waals surface area (Å²) in [5.74, 6) is 0.411. The van der Waals surface area contributed by atoms with Crippen LogP contribution >= 0.6 is 11.3 Å². The van der Waals surface area contributed by atoms with E-state index >= 15 is 0 Å². The molecule has 0 saturated carbocycles. The number of halogens is 3. The molecule has 2 atom stereocenters. The fourth-order valence-corrected chi connectivity index (χ4v) is 4.52. The maximum absolute atomic E-state index is 12.9. The van der Waals surface area contributed by atoms with Gasteiger partial charge in [0.15, 0.2) is 5.78 Å². The predicted octanol–water partition coefficient (Wildman–Crippen LogP) is 6.40. The Bertz CT molecular complexity index is 902. The van der Waals surface area contributed by atoms with Crippen molar-refractivity contribution in [1.82, 2.24) is 4.72 Å². The van der Waals surface area contributed by atoms with Gasteiger partial charge in [-0.15, -0.1) is 11.3 Å². The molecule has 2 aromatic rings. The van der Waals surface area contributed by atoms with Crippen LogP contribution in [0.1, 0.15) is 73.1 Å². The van der Waals surface area contributed by atoms with Gasteiger partial charge >= 0.3 is 6.18 Å². The van der Waals surface area contributed by atoms with E-state index < -0.39 is 34.4 Å². The van der Waals surface area contributed by atoms with Gasteiger partial charge in [-0.1, -0.05) is 19.1 Å². The second-order valence-corrected chi connectivity index (χ2v) is 11.6. The van der Waals surface area contributed by atoms with Gasteiger partial charge in [-0.25, -0.2) is 8.93 Å². The maximum Gasteiger partial charge on any atom is 0.389 e. The lowest BCUT2D eigenvalue weighted by Gasteiger charge is -2.24. The van der Waals surface area contributed by atoms with Crippen molar-refractivity contribution in [1.29, 1.82) is 0 Å². The van der Waals surface area contributed by atoms with E-state index in [0.717, 1.165) is 16.9 Å². The van der Waals surface area contributed by atoms with Gasteiger partial charge in [-0.2, -0.15) is 13.2 Å². The number of hydrogen-bond donors (Lipinski definition) is 1. The zero-order valence-corrected chi connectivity index (χ0v) is 20.4. The SMILES string of the molecule is CCc1ccc(C(=O)C[C@@H](N[S@@](=O)C(C)(C)C)c2ccc(OCCCC(F)(F)F)cc2)s1. The third-order valence-electron chi connectivity index (χ3n) is 4.64. The van der Waals surface area contributed by atoms with Crippen LogP contribution in [0.25, 0.3) is 0 Å². The van der Waals surface area contributed by atoms with Crippen molar-refractivity contribution in [2.45, 2.75) is 70.3 Å². The highest BCUT2D eigenvalue weighted by Crippen LogP contribution is 2.27. The zero-order chi connectivity index (χ0) is 23.9. The minimum absolute atomic E-state index is 0.0365. The van der Waals surface area contributed by atoms with Crippen molar-refractivity contribution in [3.8, 4) is 5.75 Å². The number of nitrogens with one attached hydrogen (secondary N) is 1. The van der Waals surface area contributed by atoms with Crippen LogP contribution in [0.2, 0.25) is 0 Å². The lowest BCUT2D eigenvalue weighted by molar-refractivity contribution is -0.136. The minimum atomic E-state index is -4.19. The van der Waals surface area contributed by atoms with Crippen LogP contribution in [-0.2, 0) is 17.4 Å². The van der Waals surface area contributed by atoms with Gasteiger partial charge in [0.2, 0.25) is 0 Å². The highest BCUT2D eigenvalue weighted by molar-refractivity contribution is 7.84. The summed E-state index contributed by atoms with van der Waals surface area (Å²) in [4.78, 5) is 14.7. The fourth-order valence-electron chi connectivity index (χ4n) is 2.80. The molecule has 0 radical (unpaired) electrons. The molecule has 0 amide bonds. The molecule has 0 saturated heterocycles. The monoisotopic (exact) mass is 489 g/mol. The van der Waals surface area contributed by atoms with E-state index in [9.17, 15) is 22.2 Å². The number of alkyl halides is 3. The first-order chi connectivity index (χ1) is 14.9. The second kappa shape index (κ2) is 11.4. The quantitative estimate of drug-likeness (QED) is 0.294. The molecule has 0 aliphatic heterocycles. The van der Waals surface area contributed by atoms with E-state index in [1.165, 1.54) is 11.3 Å². The van der Waals surface area contributed by atoms with E-state index in [4.69, 9.17) is 4.74 Å². The van der Waals surface area contributed by atoms with Gasteiger partial charge in [0.1, 0.15) is 5.75 Å². The summed E-state index contributed by atoms with van der Waals surface area (Å²) >= 11 is 1.46. The van der Waals surface area contributed by atoms with E-state index in [0.29, 0.717) is 10.6 Å². The summed E-state index contributed by atoms with van der Waals surface area (Å²) in [5.41, 5.74) is 0.755. The third-order valence-corrected chi connectivity index (χ3v) is 7.52. The number of aryl methyl sites for hydroxylation is 1. The first-order valence-corrected chi connectivity index (χ1v) is 12.4. The highest BCUT2D eigenvalue weighted by atomic mass is 32.2. The van der Waals surface area contributed by atoms with Crippen molar-refractivity contribution in [2.75, 3.05) is 6.61 Å².